The maximum absolute atomic E-state index is 11.9. The summed E-state index contributed by atoms with van der Waals surface area (Å²) in [6.07, 6.45) is -0.671. The number of carbonyl (C=O) groups is 1. The van der Waals surface area contributed by atoms with Crippen molar-refractivity contribution in [3.05, 3.63) is 77.4 Å². The van der Waals surface area contributed by atoms with Crippen LogP contribution in [0.2, 0.25) is 0 Å². The second-order valence-electron chi connectivity index (χ2n) is 9.27. The van der Waals surface area contributed by atoms with Crippen LogP contribution in [-0.4, -0.2) is 24.0 Å². The van der Waals surface area contributed by atoms with Crippen molar-refractivity contribution in [1.82, 2.24) is 5.32 Å². The summed E-state index contributed by atoms with van der Waals surface area (Å²) < 4.78 is 11.4. The second-order valence-corrected chi connectivity index (χ2v) is 9.27. The number of amidine groups is 1. The van der Waals surface area contributed by atoms with E-state index >= 15 is 0 Å². The maximum Gasteiger partial charge on any atom is 0.265 e. The number of benzene rings is 3. The van der Waals surface area contributed by atoms with Gasteiger partial charge in [-0.3, -0.25) is 4.79 Å². The molecule has 3 aromatic rings. The fourth-order valence-electron chi connectivity index (χ4n) is 4.25. The number of carbonyl (C=O) groups excluding carboxylic acids is 1. The lowest BCUT2D eigenvalue weighted by atomic mass is 10.1. The van der Waals surface area contributed by atoms with Gasteiger partial charge in [-0.15, -0.1) is 37.2 Å². The molecule has 0 radical (unpaired) electrons. The van der Waals surface area contributed by atoms with Gasteiger partial charge in [-0.05, 0) is 67.8 Å². The van der Waals surface area contributed by atoms with Gasteiger partial charge in [0.1, 0.15) is 23.0 Å². The number of halogens is 3. The van der Waals surface area contributed by atoms with E-state index in [0.29, 0.717) is 17.3 Å². The Kier molecular flexibility index (Phi) is 11.3. The van der Waals surface area contributed by atoms with Gasteiger partial charge in [0.15, 0.2) is 12.2 Å². The van der Waals surface area contributed by atoms with E-state index in [4.69, 9.17) is 15.2 Å². The first-order valence-corrected chi connectivity index (χ1v) is 12.2. The highest BCUT2D eigenvalue weighted by atomic mass is 35.5. The molecule has 2 aliphatic rings. The molecular weight excluding hydrogens is 561 g/mol. The van der Waals surface area contributed by atoms with Crippen molar-refractivity contribution >= 4 is 66.0 Å². The lowest BCUT2D eigenvalue weighted by molar-refractivity contribution is -0.122. The van der Waals surface area contributed by atoms with Crippen LogP contribution in [0, 0.1) is 0 Å². The van der Waals surface area contributed by atoms with Gasteiger partial charge in [0.2, 0.25) is 0 Å². The summed E-state index contributed by atoms with van der Waals surface area (Å²) in [5, 5.41) is 9.87. The van der Waals surface area contributed by atoms with E-state index in [0.717, 1.165) is 35.8 Å². The first kappa shape index (κ1) is 32.0. The van der Waals surface area contributed by atoms with Gasteiger partial charge in [-0.25, -0.2) is 4.99 Å². The van der Waals surface area contributed by atoms with Crippen LogP contribution in [0.15, 0.2) is 65.7 Å². The number of aliphatic imine (C=N–C) groups is 1. The first-order valence-electron chi connectivity index (χ1n) is 12.2. The molecule has 210 valence electrons. The molecule has 3 unspecified atom stereocenters. The molecule has 8 nitrogen and oxygen atoms in total. The molecule has 2 aliphatic heterocycles. The number of fused-ring (bicyclic) bond motifs is 2. The molecule has 11 heteroatoms. The molecule has 1 amide bonds. The third-order valence-corrected chi connectivity index (χ3v) is 6.42. The smallest absolute Gasteiger partial charge is 0.265 e. The highest BCUT2D eigenvalue weighted by Crippen LogP contribution is 2.34. The Bertz CT molecular complexity index is 1320. The Morgan fingerprint density at radius 2 is 1.54 bits per heavy atom. The summed E-state index contributed by atoms with van der Waals surface area (Å²) in [6.45, 7) is 7.21. The van der Waals surface area contributed by atoms with Crippen LogP contribution in [0.1, 0.15) is 43.5 Å². The second kappa shape index (κ2) is 13.8. The number of nitrogens with zero attached hydrogens (tertiary/aromatic N) is 1. The molecule has 5 rings (SSSR count). The van der Waals surface area contributed by atoms with E-state index in [1.54, 1.807) is 6.92 Å². The Hall–Kier alpha value is -3.17. The summed E-state index contributed by atoms with van der Waals surface area (Å²) in [4.78, 5) is 16.4. The minimum Gasteiger partial charge on any atom is -0.481 e. The molecule has 0 aromatic heterocycles. The number of ether oxygens (including phenoxy) is 2. The van der Waals surface area contributed by atoms with Crippen molar-refractivity contribution in [3.8, 4) is 11.5 Å². The Balaban J connectivity index is 0.00000178. The minimum absolute atomic E-state index is 0. The fraction of sp³-hybridized carbons (Fsp3) is 0.286. The van der Waals surface area contributed by atoms with Crippen molar-refractivity contribution in [2.75, 3.05) is 10.6 Å². The normalized spacial score (nSPS) is 17.6. The van der Waals surface area contributed by atoms with Gasteiger partial charge >= 0.3 is 0 Å². The third kappa shape index (κ3) is 7.48. The average molecular weight is 595 g/mol. The number of rotatable bonds is 7. The van der Waals surface area contributed by atoms with Crippen LogP contribution in [-0.2, 0) is 17.9 Å². The summed E-state index contributed by atoms with van der Waals surface area (Å²) >= 11 is 0. The molecule has 0 saturated carbocycles. The fourth-order valence-corrected chi connectivity index (χ4v) is 4.25. The predicted molar refractivity (Wildman–Crippen MR) is 164 cm³/mol. The number of hydrogen-bond donors (Lipinski definition) is 4. The number of nitrogens with one attached hydrogen (secondary N) is 3. The lowest BCUT2D eigenvalue weighted by Crippen LogP contribution is -2.34. The molecule has 0 fully saturated rings. The zero-order valence-corrected chi connectivity index (χ0v) is 24.3. The van der Waals surface area contributed by atoms with Gasteiger partial charge in [0, 0.05) is 24.8 Å². The number of amides is 1. The van der Waals surface area contributed by atoms with Crippen LogP contribution in [0.4, 0.5) is 17.1 Å². The van der Waals surface area contributed by atoms with Crippen LogP contribution >= 0.6 is 37.2 Å². The lowest BCUT2D eigenvalue weighted by Gasteiger charge is -2.24. The summed E-state index contributed by atoms with van der Waals surface area (Å²) in [7, 11) is 0. The molecule has 0 bridgehead atoms. The summed E-state index contributed by atoms with van der Waals surface area (Å²) in [6, 6.07) is 20.4. The molecule has 5 N–H and O–H groups in total. The molecule has 3 aromatic carbocycles. The van der Waals surface area contributed by atoms with E-state index in [2.05, 4.69) is 52.1 Å². The van der Waals surface area contributed by atoms with Crippen molar-refractivity contribution in [1.29, 1.82) is 0 Å². The molecule has 0 aliphatic carbocycles. The Labute approximate surface area is 247 Å². The Morgan fingerprint density at radius 3 is 2.28 bits per heavy atom. The van der Waals surface area contributed by atoms with E-state index in [-0.39, 0.29) is 55.3 Å². The van der Waals surface area contributed by atoms with E-state index < -0.39 is 6.10 Å². The Morgan fingerprint density at radius 1 is 0.897 bits per heavy atom. The summed E-state index contributed by atoms with van der Waals surface area (Å²) in [5.74, 6) is 1.82. The standard InChI is InChI=1S/C28H31N5O3.3ClH/c1-16(31-22-9-11-26-24(13-22)33-28(34)18(3)36-26)21-7-4-19(5-8-21)14-30-15-20-6-10-25-23(12-20)32-27(29)17(2)35-25;;;/h4-13,16-18,30-31H,14-15H2,1-3H3,(H2,29,32)(H,33,34);3*1H. The van der Waals surface area contributed by atoms with E-state index in [1.165, 1.54) is 11.1 Å². The summed E-state index contributed by atoms with van der Waals surface area (Å²) in [5.41, 5.74) is 11.8. The van der Waals surface area contributed by atoms with Gasteiger partial charge < -0.3 is 31.2 Å². The van der Waals surface area contributed by atoms with Crippen molar-refractivity contribution < 1.29 is 14.3 Å². The topological polar surface area (TPSA) is 110 Å². The van der Waals surface area contributed by atoms with Crippen LogP contribution in [0.5, 0.6) is 11.5 Å². The van der Waals surface area contributed by atoms with Gasteiger partial charge in [0.05, 0.1) is 5.69 Å². The zero-order valence-electron chi connectivity index (χ0n) is 21.9. The molecular formula is C28H34Cl3N5O3. The molecule has 0 saturated heterocycles. The number of nitrogens with two attached hydrogens (primary N) is 1. The zero-order chi connectivity index (χ0) is 25.2. The molecule has 2 heterocycles. The monoisotopic (exact) mass is 593 g/mol. The SMILES string of the molecule is CC1Oc2ccc(NC(C)c3ccc(CNCc4ccc5c(c4)N=C(N)C(C)O5)cc3)cc2NC1=O.Cl.Cl.Cl. The number of hydrogen-bond acceptors (Lipinski definition) is 7. The molecule has 39 heavy (non-hydrogen) atoms. The van der Waals surface area contributed by atoms with Gasteiger partial charge in [0.25, 0.3) is 5.91 Å². The van der Waals surface area contributed by atoms with Gasteiger partial charge in [-0.1, -0.05) is 30.3 Å². The number of anilines is 2. The predicted octanol–water partition coefficient (Wildman–Crippen LogP) is 5.90. The van der Waals surface area contributed by atoms with Crippen molar-refractivity contribution in [3.63, 3.8) is 0 Å². The van der Waals surface area contributed by atoms with Crippen LogP contribution in [0.25, 0.3) is 0 Å². The highest BCUT2D eigenvalue weighted by molar-refractivity contribution is 5.98. The maximum atomic E-state index is 11.9. The van der Waals surface area contributed by atoms with Crippen LogP contribution < -0.4 is 31.2 Å². The third-order valence-electron chi connectivity index (χ3n) is 6.42. The quantitative estimate of drug-likeness (QED) is 0.271. The van der Waals surface area contributed by atoms with E-state index in [1.807, 2.05) is 43.3 Å². The van der Waals surface area contributed by atoms with Crippen LogP contribution in [0.3, 0.4) is 0 Å². The van der Waals surface area contributed by atoms with Crippen molar-refractivity contribution in [2.45, 2.75) is 52.1 Å². The highest BCUT2D eigenvalue weighted by Gasteiger charge is 2.23. The molecule has 3 atom stereocenters. The largest absolute Gasteiger partial charge is 0.481 e. The minimum atomic E-state index is -0.478. The molecule has 0 spiro atoms. The first-order chi connectivity index (χ1) is 17.4. The average Bonchev–Trinajstić information content (AvgIpc) is 2.86. The van der Waals surface area contributed by atoms with E-state index in [9.17, 15) is 4.79 Å². The van der Waals surface area contributed by atoms with Gasteiger partial charge in [-0.2, -0.15) is 0 Å². The van der Waals surface area contributed by atoms with Crippen molar-refractivity contribution in [2.24, 2.45) is 10.7 Å².